The second-order valence-corrected chi connectivity index (χ2v) is 5.55. The van der Waals surface area contributed by atoms with E-state index in [0.717, 1.165) is 0 Å². The summed E-state index contributed by atoms with van der Waals surface area (Å²) >= 11 is 0. The smallest absolute Gasteiger partial charge is 0.223 e. The number of hydrogen-bond donors (Lipinski definition) is 0. The summed E-state index contributed by atoms with van der Waals surface area (Å²) in [4.78, 5) is 13.6. The molecule has 6 heteroatoms. The molecule has 0 heterocycles. The molecule has 0 saturated carbocycles. The highest BCUT2D eigenvalue weighted by Crippen LogP contribution is 2.09. The second-order valence-electron chi connectivity index (χ2n) is 3.98. The van der Waals surface area contributed by atoms with E-state index in [9.17, 15) is 13.4 Å². The first-order valence-electron chi connectivity index (χ1n) is 5.79. The van der Waals surface area contributed by atoms with Crippen LogP contribution in [0.1, 0.15) is 12.8 Å². The normalized spacial score (nSPS) is 11.6. The van der Waals surface area contributed by atoms with E-state index in [2.05, 4.69) is 0 Å². The maximum atomic E-state index is 12.7. The Kier molecular flexibility index (Phi) is 6.16. The predicted octanol–water partition coefficient (Wildman–Crippen LogP) is 1.70. The van der Waals surface area contributed by atoms with Gasteiger partial charge in [-0.1, -0.05) is 0 Å². The van der Waals surface area contributed by atoms with Crippen LogP contribution >= 0.6 is 0 Å². The third kappa shape index (κ3) is 5.18. The molecule has 1 rings (SSSR count). The van der Waals surface area contributed by atoms with E-state index in [-0.39, 0.29) is 30.3 Å². The molecule has 1 unspecified atom stereocenters. The molecule has 0 spiro atoms. The number of carbonyl (C=O) groups excluding carboxylic acids is 1. The Morgan fingerprint density at radius 1 is 1.42 bits per heavy atom. The van der Waals surface area contributed by atoms with Crippen molar-refractivity contribution in [3.63, 3.8) is 0 Å². The Morgan fingerprint density at radius 2 is 2.05 bits per heavy atom. The Morgan fingerprint density at radius 3 is 2.63 bits per heavy atom. The molecule has 0 aliphatic rings. The molecule has 1 aromatic carbocycles. The molecular weight excluding hydrogens is 267 g/mol. The second kappa shape index (κ2) is 7.64. The first kappa shape index (κ1) is 15.3. The van der Waals surface area contributed by atoms with Crippen LogP contribution in [0.4, 0.5) is 4.39 Å². The summed E-state index contributed by atoms with van der Waals surface area (Å²) in [6, 6.07) is 7.36. The van der Waals surface area contributed by atoms with Crippen molar-refractivity contribution in [1.29, 1.82) is 5.26 Å². The van der Waals surface area contributed by atoms with E-state index in [1.54, 1.807) is 7.05 Å². The molecule has 1 aromatic rings. The third-order valence-electron chi connectivity index (χ3n) is 2.56. The van der Waals surface area contributed by atoms with Gasteiger partial charge < -0.3 is 4.90 Å². The zero-order valence-electron chi connectivity index (χ0n) is 10.6. The number of carbonyl (C=O) groups is 1. The van der Waals surface area contributed by atoms with Gasteiger partial charge in [0.1, 0.15) is 5.82 Å². The fourth-order valence-corrected chi connectivity index (χ4v) is 2.45. The number of halogens is 1. The highest BCUT2D eigenvalue weighted by molar-refractivity contribution is 7.85. The molecule has 1 atom stereocenters. The molecule has 19 heavy (non-hydrogen) atoms. The van der Waals surface area contributed by atoms with E-state index in [4.69, 9.17) is 5.26 Å². The summed E-state index contributed by atoms with van der Waals surface area (Å²) in [5.41, 5.74) is 0. The molecule has 0 radical (unpaired) electrons. The Hall–Kier alpha value is -1.74. The molecule has 4 nitrogen and oxygen atoms in total. The van der Waals surface area contributed by atoms with E-state index >= 15 is 0 Å². The number of rotatable bonds is 6. The van der Waals surface area contributed by atoms with Gasteiger partial charge in [-0.05, 0) is 24.3 Å². The summed E-state index contributed by atoms with van der Waals surface area (Å²) in [7, 11) is 0.298. The highest BCUT2D eigenvalue weighted by Gasteiger charge is 2.11. The van der Waals surface area contributed by atoms with Gasteiger partial charge in [-0.15, -0.1) is 0 Å². The number of hydrogen-bond acceptors (Lipinski definition) is 3. The molecular formula is C13H15FN2O2S. The van der Waals surface area contributed by atoms with Crippen molar-refractivity contribution in [3.05, 3.63) is 30.1 Å². The van der Waals surface area contributed by atoms with Crippen molar-refractivity contribution in [2.75, 3.05) is 19.3 Å². The molecule has 0 N–H and O–H groups in total. The van der Waals surface area contributed by atoms with Crippen LogP contribution in [0.15, 0.2) is 29.2 Å². The van der Waals surface area contributed by atoms with Crippen molar-refractivity contribution in [3.8, 4) is 6.07 Å². The van der Waals surface area contributed by atoms with Crippen LogP contribution < -0.4 is 0 Å². The number of nitriles is 1. The summed E-state index contributed by atoms with van der Waals surface area (Å²) < 4.78 is 24.6. The highest BCUT2D eigenvalue weighted by atomic mass is 32.2. The molecule has 0 bridgehead atoms. The maximum absolute atomic E-state index is 12.7. The first-order chi connectivity index (χ1) is 9.04. The third-order valence-corrected chi connectivity index (χ3v) is 3.94. The Bertz CT molecular complexity index is 496. The fourth-order valence-electron chi connectivity index (χ4n) is 1.42. The summed E-state index contributed by atoms with van der Waals surface area (Å²) in [6.07, 6.45) is 0.426. The summed E-state index contributed by atoms with van der Waals surface area (Å²) in [5.74, 6) is -0.333. The molecule has 102 valence electrons. The van der Waals surface area contributed by atoms with Crippen molar-refractivity contribution < 1.29 is 13.4 Å². The van der Waals surface area contributed by atoms with Crippen LogP contribution in [0.5, 0.6) is 0 Å². The minimum absolute atomic E-state index is 0.145. The lowest BCUT2D eigenvalue weighted by Gasteiger charge is -2.14. The van der Waals surface area contributed by atoms with Gasteiger partial charge in [0, 0.05) is 30.7 Å². The van der Waals surface area contributed by atoms with Crippen LogP contribution in [0, 0.1) is 17.1 Å². The lowest BCUT2D eigenvalue weighted by Crippen LogP contribution is -2.28. The van der Waals surface area contributed by atoms with Gasteiger partial charge in [-0.25, -0.2) is 4.39 Å². The first-order valence-corrected chi connectivity index (χ1v) is 7.11. The lowest BCUT2D eigenvalue weighted by molar-refractivity contribution is -0.129. The average Bonchev–Trinajstić information content (AvgIpc) is 2.42. The van der Waals surface area contributed by atoms with Crippen LogP contribution in [0.3, 0.4) is 0 Å². The van der Waals surface area contributed by atoms with E-state index in [1.165, 1.54) is 29.2 Å². The lowest BCUT2D eigenvalue weighted by atomic mass is 10.3. The molecule has 0 aromatic heterocycles. The molecule has 1 amide bonds. The van der Waals surface area contributed by atoms with Gasteiger partial charge in [0.05, 0.1) is 23.3 Å². The topological polar surface area (TPSA) is 61.2 Å². The van der Waals surface area contributed by atoms with Gasteiger partial charge in [0.15, 0.2) is 0 Å². The molecule has 0 fully saturated rings. The Balaban J connectivity index is 2.44. The quantitative estimate of drug-likeness (QED) is 0.797. The van der Waals surface area contributed by atoms with Crippen LogP contribution in [0.25, 0.3) is 0 Å². The van der Waals surface area contributed by atoms with E-state index < -0.39 is 10.8 Å². The van der Waals surface area contributed by atoms with Crippen LogP contribution in [0.2, 0.25) is 0 Å². The predicted molar refractivity (Wildman–Crippen MR) is 70.2 cm³/mol. The monoisotopic (exact) mass is 282 g/mol. The minimum Gasteiger partial charge on any atom is -0.345 e. The van der Waals surface area contributed by atoms with Crippen molar-refractivity contribution in [2.24, 2.45) is 0 Å². The van der Waals surface area contributed by atoms with Gasteiger partial charge in [-0.3, -0.25) is 9.00 Å². The number of benzene rings is 1. The van der Waals surface area contributed by atoms with Crippen molar-refractivity contribution in [2.45, 2.75) is 17.7 Å². The van der Waals surface area contributed by atoms with Gasteiger partial charge in [0.25, 0.3) is 0 Å². The zero-order chi connectivity index (χ0) is 14.3. The number of nitrogens with zero attached hydrogens (tertiary/aromatic N) is 2. The van der Waals surface area contributed by atoms with Gasteiger partial charge >= 0.3 is 0 Å². The fraction of sp³-hybridized carbons (Fsp3) is 0.385. The standard InChI is InChI=1S/C13H15FN2O2S/c1-16(9-2-8-15)13(17)7-10-19(18)12-5-3-11(14)4-6-12/h3-6H,2,7,9-10H2,1H3. The zero-order valence-corrected chi connectivity index (χ0v) is 11.5. The van der Waals surface area contributed by atoms with Crippen LogP contribution in [-0.2, 0) is 15.6 Å². The molecule has 0 saturated heterocycles. The SMILES string of the molecule is CN(CCC#N)C(=O)CCS(=O)c1ccc(F)cc1. The summed E-state index contributed by atoms with van der Waals surface area (Å²) in [5, 5.41) is 8.42. The summed E-state index contributed by atoms with van der Waals surface area (Å²) in [6.45, 7) is 0.374. The minimum atomic E-state index is -1.31. The molecule has 0 aliphatic heterocycles. The van der Waals surface area contributed by atoms with E-state index in [0.29, 0.717) is 11.4 Å². The van der Waals surface area contributed by atoms with Gasteiger partial charge in [-0.2, -0.15) is 5.26 Å². The van der Waals surface area contributed by atoms with Crippen molar-refractivity contribution in [1.82, 2.24) is 4.90 Å². The number of amides is 1. The maximum Gasteiger partial charge on any atom is 0.223 e. The molecule has 0 aliphatic carbocycles. The van der Waals surface area contributed by atoms with Crippen molar-refractivity contribution >= 4 is 16.7 Å². The average molecular weight is 282 g/mol. The Labute approximate surface area is 114 Å². The largest absolute Gasteiger partial charge is 0.345 e. The van der Waals surface area contributed by atoms with E-state index in [1.807, 2.05) is 6.07 Å². The van der Waals surface area contributed by atoms with Gasteiger partial charge in [0.2, 0.25) is 5.91 Å². The van der Waals surface area contributed by atoms with Crippen LogP contribution in [-0.4, -0.2) is 34.4 Å².